The summed E-state index contributed by atoms with van der Waals surface area (Å²) in [4.78, 5) is 0. The van der Waals surface area contributed by atoms with Gasteiger partial charge in [0.1, 0.15) is 133 Å². The highest BCUT2D eigenvalue weighted by molar-refractivity contribution is 6.24. The Kier molecular flexibility index (Phi) is 65.6. The number of hydrogen-bond donors (Lipinski definition) is 0. The largest absolute Gasteiger partial charge is 1.00 e. The average molecular weight is 1290 g/mol. The second-order valence-corrected chi connectivity index (χ2v) is 21.2. The molecule has 0 saturated carbocycles. The number of allylic oxidation sites excluding steroid dienone is 7. The maximum Gasteiger partial charge on any atom is 0.244 e. The summed E-state index contributed by atoms with van der Waals surface area (Å²) >= 11 is 0. The molecule has 0 fully saturated rings. The van der Waals surface area contributed by atoms with Gasteiger partial charge in [-0.3, -0.25) is 7.32 Å². The standard InChI is InChI=1S/7C10H17N2.BO3.4FH/c7*1-3-5-7-12-9-8-11(10-12)6-4-2;2-1(3)4;;;;/h7*4,8-10H,2-3,5-7H2,1H3;;4*1H/q7*+1;-3;;;;/p-4. The molecule has 22 heteroatoms. The van der Waals surface area contributed by atoms with E-state index in [2.05, 4.69) is 290 Å². The van der Waals surface area contributed by atoms with Crippen LogP contribution in [0.2, 0.25) is 0 Å². The summed E-state index contributed by atoms with van der Waals surface area (Å²) in [6.07, 6.45) is 75.1. The van der Waals surface area contributed by atoms with E-state index in [1.807, 2.05) is 42.5 Å². The van der Waals surface area contributed by atoms with Crippen molar-refractivity contribution in [3.63, 3.8) is 0 Å². The Morgan fingerprint density at radius 3 is 0.457 bits per heavy atom. The van der Waals surface area contributed by atoms with E-state index in [4.69, 9.17) is 15.1 Å². The van der Waals surface area contributed by atoms with E-state index < -0.39 is 7.32 Å². The number of nitrogens with zero attached hydrogens (tertiary/aromatic N) is 14. The molecule has 0 unspecified atom stereocenters. The van der Waals surface area contributed by atoms with Crippen molar-refractivity contribution in [3.8, 4) is 0 Å². The second-order valence-electron chi connectivity index (χ2n) is 21.2. The number of unbranched alkanes of at least 4 members (excludes halogenated alkanes) is 7. The van der Waals surface area contributed by atoms with Gasteiger partial charge in [-0.2, -0.15) is 0 Å². The first kappa shape index (κ1) is 93.0. The van der Waals surface area contributed by atoms with E-state index in [1.165, 1.54) is 89.9 Å². The fourth-order valence-electron chi connectivity index (χ4n) is 8.18. The molecule has 0 amide bonds. The maximum absolute atomic E-state index is 8.42. The summed E-state index contributed by atoms with van der Waals surface area (Å²) in [5.41, 5.74) is 0. The van der Waals surface area contributed by atoms with Gasteiger partial charge in [-0.15, -0.1) is 0 Å². The predicted molar refractivity (Wildman–Crippen MR) is 354 cm³/mol. The van der Waals surface area contributed by atoms with E-state index in [1.54, 1.807) is 0 Å². The lowest BCUT2D eigenvalue weighted by atomic mass is 10.3. The topological polar surface area (TPSA) is 131 Å². The Labute approximate surface area is 552 Å². The van der Waals surface area contributed by atoms with Gasteiger partial charge in [0.2, 0.25) is 44.3 Å². The molecular weight excluding hydrogens is 1170 g/mol. The van der Waals surface area contributed by atoms with E-state index in [0.29, 0.717) is 0 Å². The first-order valence-electron chi connectivity index (χ1n) is 32.4. The fraction of sp³-hybridized carbons (Fsp3) is 0.500. The molecule has 17 nitrogen and oxygen atoms in total. The van der Waals surface area contributed by atoms with Crippen LogP contribution < -0.4 is 65.9 Å². The molecular formula is C70H119BF4N14O3. The molecule has 0 spiro atoms. The van der Waals surface area contributed by atoms with Gasteiger partial charge < -0.3 is 33.9 Å². The van der Waals surface area contributed by atoms with Crippen LogP contribution in [0.15, 0.2) is 220 Å². The van der Waals surface area contributed by atoms with Gasteiger partial charge in [0.05, 0.1) is 45.8 Å². The smallest absolute Gasteiger partial charge is 0.244 e. The van der Waals surface area contributed by atoms with Crippen molar-refractivity contribution < 1.29 is 65.9 Å². The Morgan fingerprint density at radius 2 is 0.370 bits per heavy atom. The highest BCUT2D eigenvalue weighted by Crippen LogP contribution is 1.95. The number of aryl methyl sites for hydroxylation is 7. The molecule has 0 aromatic carbocycles. The molecule has 0 saturated heterocycles. The van der Waals surface area contributed by atoms with Gasteiger partial charge in [0, 0.05) is 0 Å². The molecule has 0 aliphatic heterocycles. The number of rotatable bonds is 35. The van der Waals surface area contributed by atoms with Crippen LogP contribution in [-0.4, -0.2) is 39.3 Å². The SMILES string of the molecule is C=CCn1cc[n+](CCCC)c1.C=CCn1cc[n+](CCCC)c1.C=CCn1cc[n+](CCCC)c1.C=CCn1cc[n+](CCCC)c1.C=CCn1cc[n+](CCCC)c1.C=CCn1cc[n+](CCCC)c1.C=CCn1cc[n+](CCCC)c1.[F-].[F-].[F-].[F-].[O-]B([O-])[O-]. The highest BCUT2D eigenvalue weighted by atomic mass is 19.0. The quantitative estimate of drug-likeness (QED) is 0.0176. The van der Waals surface area contributed by atoms with Crippen LogP contribution in [0.3, 0.4) is 0 Å². The van der Waals surface area contributed by atoms with Crippen LogP contribution in [0.5, 0.6) is 0 Å². The fourth-order valence-corrected chi connectivity index (χ4v) is 8.18. The predicted octanol–water partition coefficient (Wildman–Crippen LogP) is -3.60. The molecule has 0 aliphatic carbocycles. The van der Waals surface area contributed by atoms with Crippen LogP contribution >= 0.6 is 0 Å². The van der Waals surface area contributed by atoms with E-state index >= 15 is 0 Å². The lowest BCUT2D eigenvalue weighted by Gasteiger charge is -2.35. The van der Waals surface area contributed by atoms with Gasteiger partial charge >= 0.3 is 0 Å². The van der Waals surface area contributed by atoms with Gasteiger partial charge in [0.15, 0.2) is 0 Å². The molecule has 7 aromatic heterocycles. The van der Waals surface area contributed by atoms with Gasteiger partial charge in [-0.05, 0) is 44.9 Å². The first-order valence-corrected chi connectivity index (χ1v) is 32.4. The van der Waals surface area contributed by atoms with Gasteiger partial charge in [-0.25, -0.2) is 63.9 Å². The number of halogens is 4. The Balaban J connectivity index is -0.000000314. The van der Waals surface area contributed by atoms with E-state index in [0.717, 1.165) is 91.6 Å². The molecule has 0 bridgehead atoms. The summed E-state index contributed by atoms with van der Waals surface area (Å²) in [7, 11) is -2.92. The summed E-state index contributed by atoms with van der Waals surface area (Å²) in [5.74, 6) is 0. The molecule has 0 radical (unpaired) electrons. The van der Waals surface area contributed by atoms with Crippen LogP contribution in [0.25, 0.3) is 0 Å². The molecule has 7 heterocycles. The van der Waals surface area contributed by atoms with E-state index in [9.17, 15) is 0 Å². The Hall–Kier alpha value is -7.69. The molecule has 0 atom stereocenters. The Morgan fingerprint density at radius 1 is 0.261 bits per heavy atom. The summed E-state index contributed by atoms with van der Waals surface area (Å²) in [5, 5.41) is 25.2. The van der Waals surface area contributed by atoms with Crippen LogP contribution in [0.1, 0.15) is 138 Å². The molecule has 0 N–H and O–H groups in total. The monoisotopic (exact) mass is 1290 g/mol. The average Bonchev–Trinajstić information content (AvgIpc) is 3.48. The number of aromatic nitrogens is 14. The first-order chi connectivity index (χ1) is 42.8. The van der Waals surface area contributed by atoms with Crippen molar-refractivity contribution in [3.05, 3.63) is 220 Å². The minimum absolute atomic E-state index is 0. The molecule has 92 heavy (non-hydrogen) atoms. The molecule has 518 valence electrons. The van der Waals surface area contributed by atoms with Crippen molar-refractivity contribution in [2.45, 2.75) is 230 Å². The summed E-state index contributed by atoms with van der Waals surface area (Å²) < 4.78 is 30.4. The normalized spacial score (nSPS) is 9.50. The zero-order chi connectivity index (χ0) is 65.3. The molecule has 7 aromatic rings. The highest BCUT2D eigenvalue weighted by Gasteiger charge is 2.05. The minimum atomic E-state index is -2.92. The number of imidazole rings is 7. The van der Waals surface area contributed by atoms with Crippen molar-refractivity contribution in [1.29, 1.82) is 0 Å². The lowest BCUT2D eigenvalue weighted by Crippen LogP contribution is -3.00. The molecule has 7 rings (SSSR count). The third-order valence-electron chi connectivity index (χ3n) is 13.0. The Bertz CT molecular complexity index is 2280. The van der Waals surface area contributed by atoms with Crippen LogP contribution in [0.4, 0.5) is 0 Å². The summed E-state index contributed by atoms with van der Waals surface area (Å²) in [6.45, 7) is 55.5. The van der Waals surface area contributed by atoms with Crippen LogP contribution in [0, 0.1) is 0 Å². The zero-order valence-corrected chi connectivity index (χ0v) is 57.5. The second kappa shape index (κ2) is 64.8. The zero-order valence-electron chi connectivity index (χ0n) is 57.5. The third kappa shape index (κ3) is 50.0. The van der Waals surface area contributed by atoms with Crippen molar-refractivity contribution in [2.24, 2.45) is 0 Å². The van der Waals surface area contributed by atoms with E-state index in [-0.39, 0.29) is 18.8 Å². The van der Waals surface area contributed by atoms with Gasteiger partial charge in [0.25, 0.3) is 0 Å². The van der Waals surface area contributed by atoms with Gasteiger partial charge in [-0.1, -0.05) is 182 Å². The van der Waals surface area contributed by atoms with Crippen molar-refractivity contribution in [2.75, 3.05) is 0 Å². The summed E-state index contributed by atoms with van der Waals surface area (Å²) in [6, 6.07) is 0. The maximum atomic E-state index is 8.42. The number of hydrogen-bond acceptors (Lipinski definition) is 3. The minimum Gasteiger partial charge on any atom is -1.00 e. The third-order valence-corrected chi connectivity index (χ3v) is 13.0. The lowest BCUT2D eigenvalue weighted by molar-refractivity contribution is -0.697. The van der Waals surface area contributed by atoms with Crippen molar-refractivity contribution in [1.82, 2.24) is 32.0 Å². The van der Waals surface area contributed by atoms with Crippen molar-refractivity contribution >= 4 is 7.32 Å². The van der Waals surface area contributed by atoms with Crippen LogP contribution in [-0.2, 0) is 91.6 Å². The molecule has 0 aliphatic rings.